The highest BCUT2D eigenvalue weighted by Crippen LogP contribution is 2.37. The average molecular weight is 475 g/mol. The van der Waals surface area contributed by atoms with Gasteiger partial charge in [0.05, 0.1) is 14.4 Å². The second kappa shape index (κ2) is 8.10. The molecule has 1 fully saturated rings. The molecular weight excluding hydrogens is 465 g/mol. The van der Waals surface area contributed by atoms with Gasteiger partial charge in [-0.2, -0.15) is 0 Å². The number of halogens is 3. The maximum absolute atomic E-state index is 11.7. The molecule has 0 unspecified atom stereocenters. The SMILES string of the molecule is O=C1NC(=S)S/C1=C/c1cc(Cl)c(OCc2ccccc2Cl)c(Br)c1. The fraction of sp³-hybridized carbons (Fsp3) is 0.0588. The molecule has 0 radical (unpaired) electrons. The van der Waals surface area contributed by atoms with Crippen molar-refractivity contribution in [3.8, 4) is 5.75 Å². The normalized spacial score (nSPS) is 15.6. The standard InChI is InChI=1S/C17H10BrCl2NO2S2/c18-11-5-9(7-14-16(22)21-17(24)25-14)6-13(20)15(11)23-8-10-3-1-2-4-12(10)19/h1-7H,8H2,(H,21,22,24)/b14-7+. The number of benzene rings is 2. The third-order valence-electron chi connectivity index (χ3n) is 3.29. The van der Waals surface area contributed by atoms with Crippen molar-refractivity contribution in [2.24, 2.45) is 0 Å². The van der Waals surface area contributed by atoms with Gasteiger partial charge in [-0.05, 0) is 45.8 Å². The summed E-state index contributed by atoms with van der Waals surface area (Å²) in [7, 11) is 0. The van der Waals surface area contributed by atoms with Crippen LogP contribution in [-0.4, -0.2) is 10.2 Å². The van der Waals surface area contributed by atoms with Gasteiger partial charge < -0.3 is 10.1 Å². The van der Waals surface area contributed by atoms with Crippen LogP contribution in [0.1, 0.15) is 11.1 Å². The molecule has 0 aromatic heterocycles. The van der Waals surface area contributed by atoms with Gasteiger partial charge in [0.15, 0.2) is 5.75 Å². The minimum absolute atomic E-state index is 0.207. The van der Waals surface area contributed by atoms with Crippen LogP contribution in [0.25, 0.3) is 6.08 Å². The zero-order valence-electron chi connectivity index (χ0n) is 12.5. The molecule has 1 heterocycles. The second-order valence-corrected chi connectivity index (χ2v) is 8.43. The zero-order valence-corrected chi connectivity index (χ0v) is 17.2. The van der Waals surface area contributed by atoms with E-state index in [0.717, 1.165) is 11.1 Å². The first-order valence-electron chi connectivity index (χ1n) is 7.04. The second-order valence-electron chi connectivity index (χ2n) is 5.05. The Hall–Kier alpha value is -1.05. The van der Waals surface area contributed by atoms with Crippen molar-refractivity contribution in [2.45, 2.75) is 6.61 Å². The van der Waals surface area contributed by atoms with Crippen molar-refractivity contribution in [2.75, 3.05) is 0 Å². The number of rotatable bonds is 4. The molecule has 1 aliphatic rings. The maximum atomic E-state index is 11.7. The lowest BCUT2D eigenvalue weighted by molar-refractivity contribution is -0.115. The van der Waals surface area contributed by atoms with E-state index >= 15 is 0 Å². The Morgan fingerprint density at radius 2 is 2.00 bits per heavy atom. The number of nitrogens with one attached hydrogen (secondary N) is 1. The minimum Gasteiger partial charge on any atom is -0.486 e. The molecule has 25 heavy (non-hydrogen) atoms. The third kappa shape index (κ3) is 4.57. The van der Waals surface area contributed by atoms with Gasteiger partial charge in [0.2, 0.25) is 0 Å². The number of hydrogen-bond donors (Lipinski definition) is 1. The van der Waals surface area contributed by atoms with Gasteiger partial charge in [0, 0.05) is 10.6 Å². The molecule has 1 aliphatic heterocycles. The van der Waals surface area contributed by atoms with E-state index in [0.29, 0.717) is 36.1 Å². The zero-order chi connectivity index (χ0) is 18.0. The van der Waals surface area contributed by atoms with Crippen molar-refractivity contribution < 1.29 is 9.53 Å². The highest BCUT2D eigenvalue weighted by atomic mass is 79.9. The van der Waals surface area contributed by atoms with E-state index in [9.17, 15) is 4.79 Å². The van der Waals surface area contributed by atoms with Crippen LogP contribution < -0.4 is 10.1 Å². The van der Waals surface area contributed by atoms with Crippen molar-refractivity contribution in [1.82, 2.24) is 5.32 Å². The van der Waals surface area contributed by atoms with Gasteiger partial charge in [0.1, 0.15) is 10.9 Å². The lowest BCUT2D eigenvalue weighted by atomic mass is 10.2. The summed E-state index contributed by atoms with van der Waals surface area (Å²) in [6, 6.07) is 11.0. The molecule has 0 atom stereocenters. The van der Waals surface area contributed by atoms with Crippen LogP contribution >= 0.6 is 63.1 Å². The fourth-order valence-electron chi connectivity index (χ4n) is 2.14. The van der Waals surface area contributed by atoms with E-state index in [2.05, 4.69) is 21.2 Å². The molecule has 0 spiro atoms. The van der Waals surface area contributed by atoms with Crippen LogP contribution in [-0.2, 0) is 11.4 Å². The van der Waals surface area contributed by atoms with Crippen LogP contribution in [0.5, 0.6) is 5.75 Å². The number of thioether (sulfide) groups is 1. The van der Waals surface area contributed by atoms with Crippen LogP contribution in [0.4, 0.5) is 0 Å². The largest absolute Gasteiger partial charge is 0.486 e. The van der Waals surface area contributed by atoms with Crippen molar-refractivity contribution >= 4 is 79.4 Å². The van der Waals surface area contributed by atoms with Crippen molar-refractivity contribution in [1.29, 1.82) is 0 Å². The van der Waals surface area contributed by atoms with Crippen molar-refractivity contribution in [3.05, 3.63) is 66.9 Å². The summed E-state index contributed by atoms with van der Waals surface area (Å²) < 4.78 is 6.94. The quantitative estimate of drug-likeness (QED) is 0.447. The summed E-state index contributed by atoms with van der Waals surface area (Å²) in [6.07, 6.45) is 1.73. The highest BCUT2D eigenvalue weighted by Gasteiger charge is 2.22. The number of hydrogen-bond acceptors (Lipinski definition) is 4. The topological polar surface area (TPSA) is 38.3 Å². The smallest absolute Gasteiger partial charge is 0.263 e. The van der Waals surface area contributed by atoms with E-state index in [-0.39, 0.29) is 5.91 Å². The number of thiocarbonyl (C=S) groups is 1. The monoisotopic (exact) mass is 473 g/mol. The molecule has 8 heteroatoms. The Morgan fingerprint density at radius 3 is 2.64 bits per heavy atom. The molecule has 2 aromatic rings. The van der Waals surface area contributed by atoms with E-state index in [4.69, 9.17) is 40.2 Å². The minimum atomic E-state index is -0.207. The molecule has 2 aromatic carbocycles. The average Bonchev–Trinajstić information content (AvgIpc) is 2.85. The molecule has 1 amide bonds. The summed E-state index contributed by atoms with van der Waals surface area (Å²) in [5.74, 6) is 0.309. The Kier molecular flexibility index (Phi) is 6.07. The molecule has 0 saturated carbocycles. The molecule has 1 saturated heterocycles. The van der Waals surface area contributed by atoms with Gasteiger partial charge in [0.25, 0.3) is 5.91 Å². The predicted octanol–water partition coefficient (Wildman–Crippen LogP) is 5.82. The molecule has 0 bridgehead atoms. The molecular formula is C17H10BrCl2NO2S2. The lowest BCUT2D eigenvalue weighted by Gasteiger charge is -2.12. The first kappa shape index (κ1) is 18.7. The first-order valence-corrected chi connectivity index (χ1v) is 9.81. The summed E-state index contributed by atoms with van der Waals surface area (Å²) in [5, 5.41) is 3.64. The van der Waals surface area contributed by atoms with Crippen LogP contribution in [0.2, 0.25) is 10.0 Å². The first-order chi connectivity index (χ1) is 11.9. The molecule has 0 aliphatic carbocycles. The van der Waals surface area contributed by atoms with Crippen molar-refractivity contribution in [3.63, 3.8) is 0 Å². The fourth-order valence-corrected chi connectivity index (χ4v) is 4.36. The molecule has 3 nitrogen and oxygen atoms in total. The van der Waals surface area contributed by atoms with Crippen LogP contribution in [0, 0.1) is 0 Å². The summed E-state index contributed by atoms with van der Waals surface area (Å²) in [6.45, 7) is 0.297. The van der Waals surface area contributed by atoms with E-state index in [1.165, 1.54) is 11.8 Å². The van der Waals surface area contributed by atoms with E-state index < -0.39 is 0 Å². The van der Waals surface area contributed by atoms with Gasteiger partial charge in [-0.1, -0.05) is 65.4 Å². The Morgan fingerprint density at radius 1 is 1.24 bits per heavy atom. The number of amides is 1. The van der Waals surface area contributed by atoms with E-state index in [1.54, 1.807) is 18.2 Å². The Bertz CT molecular complexity index is 879. The third-order valence-corrected chi connectivity index (χ3v) is 5.69. The number of carbonyl (C=O) groups is 1. The van der Waals surface area contributed by atoms with Crippen LogP contribution in [0.15, 0.2) is 45.8 Å². The molecule has 128 valence electrons. The lowest BCUT2D eigenvalue weighted by Crippen LogP contribution is -2.17. The number of carbonyl (C=O) groups excluding carboxylic acids is 1. The van der Waals surface area contributed by atoms with E-state index in [1.807, 2.05) is 24.3 Å². The summed E-state index contributed by atoms with van der Waals surface area (Å²) in [5.41, 5.74) is 1.63. The summed E-state index contributed by atoms with van der Waals surface area (Å²) >= 11 is 22.1. The Balaban J connectivity index is 1.81. The summed E-state index contributed by atoms with van der Waals surface area (Å²) in [4.78, 5) is 12.3. The number of ether oxygens (including phenoxy) is 1. The van der Waals surface area contributed by atoms with Gasteiger partial charge in [-0.3, -0.25) is 4.79 Å². The maximum Gasteiger partial charge on any atom is 0.263 e. The predicted molar refractivity (Wildman–Crippen MR) is 111 cm³/mol. The Labute approximate surface area is 172 Å². The highest BCUT2D eigenvalue weighted by molar-refractivity contribution is 9.10. The van der Waals surface area contributed by atoms with Gasteiger partial charge in [-0.15, -0.1) is 0 Å². The molecule has 3 rings (SSSR count). The van der Waals surface area contributed by atoms with Gasteiger partial charge >= 0.3 is 0 Å². The van der Waals surface area contributed by atoms with Gasteiger partial charge in [-0.25, -0.2) is 0 Å². The molecule has 1 N–H and O–H groups in total. The van der Waals surface area contributed by atoms with Crippen LogP contribution in [0.3, 0.4) is 0 Å².